The third-order valence-electron chi connectivity index (χ3n) is 9.60. The van der Waals surface area contributed by atoms with Crippen LogP contribution in [-0.2, 0) is 11.3 Å². The molecule has 6 heteroatoms. The maximum atomic E-state index is 11.7. The lowest BCUT2D eigenvalue weighted by Gasteiger charge is -2.53. The van der Waals surface area contributed by atoms with E-state index in [0.29, 0.717) is 12.8 Å². The van der Waals surface area contributed by atoms with Crippen LogP contribution in [0.15, 0.2) is 28.9 Å². The average Bonchev–Trinajstić information content (AvgIpc) is 3.74. The monoisotopic (exact) mass is 505 g/mol. The van der Waals surface area contributed by atoms with Gasteiger partial charge in [-0.2, -0.15) is 0 Å². The Bertz CT molecular complexity index is 1130. The number of nitrogens with zero attached hydrogens (tertiary/aromatic N) is 3. The largest absolute Gasteiger partial charge is 0.491 e. The van der Waals surface area contributed by atoms with Crippen LogP contribution in [0.25, 0.3) is 0 Å². The third-order valence-corrected chi connectivity index (χ3v) is 9.60. The molecule has 0 unspecified atom stereocenters. The Morgan fingerprint density at radius 2 is 1.73 bits per heavy atom. The topological polar surface area (TPSA) is 65.4 Å². The Morgan fingerprint density at radius 3 is 2.30 bits per heavy atom. The van der Waals surface area contributed by atoms with E-state index in [1.807, 2.05) is 6.92 Å². The molecule has 37 heavy (non-hydrogen) atoms. The fourth-order valence-corrected chi connectivity index (χ4v) is 6.63. The first kappa shape index (κ1) is 25.0. The fraction of sp³-hybridized carbons (Fsp3) is 0.677. The number of hydrogen-bond donors (Lipinski definition) is 1. The summed E-state index contributed by atoms with van der Waals surface area (Å²) in [5.74, 6) is 3.08. The molecule has 0 amide bonds. The van der Waals surface area contributed by atoms with Crippen LogP contribution < -0.4 is 4.74 Å². The van der Waals surface area contributed by atoms with Gasteiger partial charge in [-0.05, 0) is 101 Å². The van der Waals surface area contributed by atoms with E-state index in [-0.39, 0.29) is 11.5 Å². The van der Waals surface area contributed by atoms with E-state index in [1.165, 1.54) is 36.8 Å². The second kappa shape index (κ2) is 9.14. The maximum Gasteiger partial charge on any atom is 0.309 e. The lowest BCUT2D eigenvalue weighted by molar-refractivity contribution is -0.150. The predicted octanol–water partition coefficient (Wildman–Crippen LogP) is 5.92. The van der Waals surface area contributed by atoms with Crippen molar-refractivity contribution in [1.29, 1.82) is 0 Å². The Labute approximate surface area is 221 Å². The van der Waals surface area contributed by atoms with Gasteiger partial charge in [-0.3, -0.25) is 9.69 Å². The number of rotatable bonds is 7. The van der Waals surface area contributed by atoms with Gasteiger partial charge in [-0.25, -0.2) is 4.99 Å². The first-order valence-corrected chi connectivity index (χ1v) is 14.4. The zero-order valence-corrected chi connectivity index (χ0v) is 23.1. The van der Waals surface area contributed by atoms with Gasteiger partial charge >= 0.3 is 5.97 Å². The molecule has 6 nitrogen and oxygen atoms in total. The Morgan fingerprint density at radius 1 is 1.11 bits per heavy atom. The number of amidine groups is 1. The Kier molecular flexibility index (Phi) is 6.17. The smallest absolute Gasteiger partial charge is 0.309 e. The van der Waals surface area contributed by atoms with Crippen molar-refractivity contribution in [2.24, 2.45) is 15.8 Å². The standard InChI is InChI=1S/C31H43N3O3/c1-20(2)37-27-14-26(23-7-8-23)25(22-5-6-22)13-24(27)17-33-18-31(19-33)15-28(32-16-21(31)3)34-11-9-30(4,10-12-34)29(35)36/h13-14,16,20,22-23H,5-12,15,17-19H2,1-4H3,(H,35,36). The van der Waals surface area contributed by atoms with Gasteiger partial charge in [0.2, 0.25) is 0 Å². The zero-order chi connectivity index (χ0) is 25.9. The predicted molar refractivity (Wildman–Crippen MR) is 146 cm³/mol. The first-order chi connectivity index (χ1) is 17.7. The summed E-state index contributed by atoms with van der Waals surface area (Å²) < 4.78 is 6.37. The normalized spacial score (nSPS) is 25.1. The summed E-state index contributed by atoms with van der Waals surface area (Å²) in [5, 5.41) is 9.60. The molecule has 2 saturated heterocycles. The number of carboxylic acid groups (broad SMARTS) is 1. The van der Waals surface area contributed by atoms with Gasteiger partial charge in [0.1, 0.15) is 11.6 Å². The van der Waals surface area contributed by atoms with E-state index >= 15 is 0 Å². The Balaban J connectivity index is 1.14. The average molecular weight is 506 g/mol. The highest BCUT2D eigenvalue weighted by Crippen LogP contribution is 2.51. The molecular formula is C31H43N3O3. The van der Waals surface area contributed by atoms with Crippen LogP contribution >= 0.6 is 0 Å². The van der Waals surface area contributed by atoms with Crippen molar-refractivity contribution < 1.29 is 14.6 Å². The molecule has 2 aliphatic carbocycles. The molecule has 1 N–H and O–H groups in total. The van der Waals surface area contributed by atoms with Crippen LogP contribution in [0.5, 0.6) is 5.75 Å². The number of aliphatic carboxylic acids is 1. The van der Waals surface area contributed by atoms with Crippen molar-refractivity contribution in [2.75, 3.05) is 26.2 Å². The van der Waals surface area contributed by atoms with E-state index in [0.717, 1.165) is 62.6 Å². The van der Waals surface area contributed by atoms with Crippen molar-refractivity contribution >= 4 is 11.8 Å². The van der Waals surface area contributed by atoms with E-state index in [2.05, 4.69) is 48.9 Å². The minimum atomic E-state index is -0.671. The summed E-state index contributed by atoms with van der Waals surface area (Å²) in [6, 6.07) is 4.89. The van der Waals surface area contributed by atoms with Crippen LogP contribution in [0, 0.1) is 10.8 Å². The molecule has 1 spiro atoms. The molecule has 1 aromatic carbocycles. The number of piperidine rings is 1. The van der Waals surface area contributed by atoms with Crippen LogP contribution in [0.3, 0.4) is 0 Å². The summed E-state index contributed by atoms with van der Waals surface area (Å²) >= 11 is 0. The van der Waals surface area contributed by atoms with Crippen molar-refractivity contribution in [2.45, 2.75) is 97.1 Å². The minimum absolute atomic E-state index is 0.150. The van der Waals surface area contributed by atoms with E-state index in [4.69, 9.17) is 9.73 Å². The zero-order valence-electron chi connectivity index (χ0n) is 23.1. The highest BCUT2D eigenvalue weighted by atomic mass is 16.5. The molecule has 0 atom stereocenters. The molecule has 1 aromatic rings. The second-order valence-corrected chi connectivity index (χ2v) is 13.1. The Hall–Kier alpha value is -2.34. The summed E-state index contributed by atoms with van der Waals surface area (Å²) in [6.45, 7) is 13.0. The summed E-state index contributed by atoms with van der Waals surface area (Å²) in [4.78, 5) is 21.4. The molecule has 3 aliphatic heterocycles. The van der Waals surface area contributed by atoms with Crippen LogP contribution in [0.2, 0.25) is 0 Å². The van der Waals surface area contributed by atoms with Gasteiger partial charge in [0, 0.05) is 56.3 Å². The molecule has 6 rings (SSSR count). The molecule has 200 valence electrons. The van der Waals surface area contributed by atoms with Crippen molar-refractivity contribution in [1.82, 2.24) is 9.80 Å². The van der Waals surface area contributed by atoms with Gasteiger partial charge in [0.25, 0.3) is 0 Å². The summed E-state index contributed by atoms with van der Waals surface area (Å²) in [6.07, 6.45) is 9.91. The van der Waals surface area contributed by atoms with Gasteiger partial charge in [-0.15, -0.1) is 0 Å². The molecule has 0 aromatic heterocycles. The number of carboxylic acids is 1. The number of likely N-dealkylation sites (tertiary alicyclic amines) is 2. The number of benzene rings is 1. The highest BCUT2D eigenvalue weighted by molar-refractivity contribution is 5.86. The molecular weight excluding hydrogens is 462 g/mol. The van der Waals surface area contributed by atoms with Gasteiger partial charge < -0.3 is 14.7 Å². The lowest BCUT2D eigenvalue weighted by Crippen LogP contribution is -2.59. The molecule has 3 heterocycles. The summed E-state index contributed by atoms with van der Waals surface area (Å²) in [5.41, 5.74) is 5.44. The second-order valence-electron chi connectivity index (χ2n) is 13.1. The van der Waals surface area contributed by atoms with E-state index < -0.39 is 11.4 Å². The third kappa shape index (κ3) is 4.82. The molecule has 0 radical (unpaired) electrons. The van der Waals surface area contributed by atoms with Crippen LogP contribution in [-0.4, -0.2) is 59.0 Å². The number of ether oxygens (including phenoxy) is 1. The van der Waals surface area contributed by atoms with Crippen molar-refractivity contribution in [3.8, 4) is 5.75 Å². The number of aliphatic imine (C=N–C) groups is 1. The minimum Gasteiger partial charge on any atom is -0.491 e. The molecule has 2 saturated carbocycles. The quantitative estimate of drug-likeness (QED) is 0.498. The number of hydrogen-bond acceptors (Lipinski definition) is 5. The fourth-order valence-electron chi connectivity index (χ4n) is 6.63. The SMILES string of the molecule is CC1=CN=C(N2CCC(C)(C(=O)O)CC2)CC12CN(Cc1cc(C3CC3)c(C3CC3)cc1OC(C)C)C2. The van der Waals surface area contributed by atoms with Gasteiger partial charge in [-0.1, -0.05) is 6.07 Å². The summed E-state index contributed by atoms with van der Waals surface area (Å²) in [7, 11) is 0. The van der Waals surface area contributed by atoms with E-state index in [1.54, 1.807) is 11.1 Å². The van der Waals surface area contributed by atoms with Gasteiger partial charge in [0.05, 0.1) is 11.5 Å². The molecule has 0 bridgehead atoms. The lowest BCUT2D eigenvalue weighted by atomic mass is 9.69. The first-order valence-electron chi connectivity index (χ1n) is 14.4. The highest BCUT2D eigenvalue weighted by Gasteiger charge is 2.48. The molecule has 4 fully saturated rings. The van der Waals surface area contributed by atoms with Gasteiger partial charge in [0.15, 0.2) is 0 Å². The van der Waals surface area contributed by atoms with Crippen molar-refractivity contribution in [3.63, 3.8) is 0 Å². The number of carbonyl (C=O) groups is 1. The van der Waals surface area contributed by atoms with Crippen LogP contribution in [0.1, 0.15) is 101 Å². The van der Waals surface area contributed by atoms with Crippen molar-refractivity contribution in [3.05, 3.63) is 40.6 Å². The van der Waals surface area contributed by atoms with E-state index in [9.17, 15) is 9.90 Å². The van der Waals surface area contributed by atoms with Crippen LogP contribution in [0.4, 0.5) is 0 Å². The maximum absolute atomic E-state index is 11.7. The molecule has 5 aliphatic rings.